The highest BCUT2D eigenvalue weighted by Crippen LogP contribution is 2.34. The van der Waals surface area contributed by atoms with E-state index in [0.29, 0.717) is 5.56 Å². The Hall–Kier alpha value is -2.88. The van der Waals surface area contributed by atoms with Gasteiger partial charge in [0, 0.05) is 11.6 Å². The number of fused-ring (bicyclic) bond motifs is 1. The van der Waals surface area contributed by atoms with Crippen LogP contribution in [0.2, 0.25) is 0 Å². The predicted octanol–water partition coefficient (Wildman–Crippen LogP) is 3.71. The quantitative estimate of drug-likeness (QED) is 0.339. The van der Waals surface area contributed by atoms with Crippen LogP contribution in [-0.2, 0) is 10.1 Å². The van der Waals surface area contributed by atoms with Gasteiger partial charge < -0.3 is 8.92 Å². The van der Waals surface area contributed by atoms with Gasteiger partial charge in [0.15, 0.2) is 5.78 Å². The molecule has 0 aromatic heterocycles. The zero-order chi connectivity index (χ0) is 19.8. The molecule has 0 spiro atoms. The molecule has 0 N–H and O–H groups in total. The summed E-state index contributed by atoms with van der Waals surface area (Å²) in [6.07, 6.45) is 1.49. The number of Topliss-reactive ketones (excluding diaryl/α,β-unsaturated/α-hetero) is 1. The lowest BCUT2D eigenvalue weighted by Gasteiger charge is -2.19. The van der Waals surface area contributed by atoms with Crippen LogP contribution in [0.15, 0.2) is 48.0 Å². The highest BCUT2D eigenvalue weighted by molar-refractivity contribution is 7.88. The number of ether oxygens (including phenoxy) is 1. The zero-order valence-corrected chi connectivity index (χ0v) is 14.1. The van der Waals surface area contributed by atoms with Crippen molar-refractivity contribution in [3.8, 4) is 11.5 Å². The lowest BCUT2D eigenvalue weighted by atomic mass is 9.98. The van der Waals surface area contributed by atoms with Crippen LogP contribution >= 0.6 is 0 Å². The van der Waals surface area contributed by atoms with Crippen LogP contribution < -0.4 is 8.92 Å². The molecule has 0 atom stereocenters. The maximum Gasteiger partial charge on any atom is 0.534 e. The Morgan fingerprint density at radius 2 is 1.74 bits per heavy atom. The second-order valence-corrected chi connectivity index (χ2v) is 7.02. The monoisotopic (exact) mass is 402 g/mol. The number of benzene rings is 2. The van der Waals surface area contributed by atoms with Gasteiger partial charge in [0.05, 0.1) is 5.56 Å². The van der Waals surface area contributed by atoms with E-state index in [1.807, 2.05) is 0 Å². The molecule has 2 aromatic rings. The van der Waals surface area contributed by atoms with Gasteiger partial charge in [0.25, 0.3) is 0 Å². The molecule has 0 saturated carbocycles. The third-order valence-electron chi connectivity index (χ3n) is 3.57. The second-order valence-electron chi connectivity index (χ2n) is 5.48. The summed E-state index contributed by atoms with van der Waals surface area (Å²) in [7, 11) is -5.83. The molecular formula is C17H10F4O5S. The summed E-state index contributed by atoms with van der Waals surface area (Å²) >= 11 is 0. The molecule has 2 aromatic carbocycles. The highest BCUT2D eigenvalue weighted by Gasteiger charge is 2.48. The topological polar surface area (TPSA) is 69.7 Å². The predicted molar refractivity (Wildman–Crippen MR) is 86.2 cm³/mol. The largest absolute Gasteiger partial charge is 0.534 e. The smallest absolute Gasteiger partial charge is 0.488 e. The van der Waals surface area contributed by atoms with Crippen molar-refractivity contribution < 1.29 is 39.7 Å². The lowest BCUT2D eigenvalue weighted by molar-refractivity contribution is -0.0500. The van der Waals surface area contributed by atoms with Crippen molar-refractivity contribution in [3.05, 3.63) is 65.0 Å². The maximum atomic E-state index is 12.9. The van der Waals surface area contributed by atoms with E-state index < -0.39 is 33.0 Å². The lowest BCUT2D eigenvalue weighted by Crippen LogP contribution is -2.28. The molecule has 5 nitrogen and oxygen atoms in total. The normalized spacial score (nSPS) is 16.0. The molecule has 0 saturated heterocycles. The van der Waals surface area contributed by atoms with Crippen LogP contribution in [0, 0.1) is 5.82 Å². The molecular weight excluding hydrogens is 392 g/mol. The number of halogens is 4. The minimum atomic E-state index is -5.83. The van der Waals surface area contributed by atoms with Crippen LogP contribution in [-0.4, -0.2) is 26.3 Å². The summed E-state index contributed by atoms with van der Waals surface area (Å²) in [5.74, 6) is -1.63. The summed E-state index contributed by atoms with van der Waals surface area (Å²) in [4.78, 5) is 12.5. The fraction of sp³-hybridized carbons (Fsp3) is 0.118. The first-order valence-electron chi connectivity index (χ1n) is 7.35. The van der Waals surface area contributed by atoms with E-state index in [0.717, 1.165) is 18.2 Å². The van der Waals surface area contributed by atoms with Gasteiger partial charge in [0.2, 0.25) is 0 Å². The van der Waals surface area contributed by atoms with Gasteiger partial charge in [-0.25, -0.2) is 4.39 Å². The van der Waals surface area contributed by atoms with Crippen LogP contribution in [0.25, 0.3) is 6.08 Å². The van der Waals surface area contributed by atoms with E-state index in [4.69, 9.17) is 4.74 Å². The van der Waals surface area contributed by atoms with Crippen molar-refractivity contribution in [2.24, 2.45) is 0 Å². The van der Waals surface area contributed by atoms with E-state index >= 15 is 0 Å². The van der Waals surface area contributed by atoms with E-state index in [-0.39, 0.29) is 23.5 Å². The third-order valence-corrected chi connectivity index (χ3v) is 4.55. The molecule has 10 heteroatoms. The van der Waals surface area contributed by atoms with E-state index in [1.54, 1.807) is 0 Å². The average Bonchev–Trinajstić information content (AvgIpc) is 2.58. The maximum absolute atomic E-state index is 12.9. The summed E-state index contributed by atoms with van der Waals surface area (Å²) in [5.41, 5.74) is -4.75. The number of hydrogen-bond donors (Lipinski definition) is 0. The fourth-order valence-corrected chi connectivity index (χ4v) is 2.75. The number of hydrogen-bond acceptors (Lipinski definition) is 5. The Morgan fingerprint density at radius 1 is 1.07 bits per heavy atom. The molecule has 3 rings (SSSR count). The molecule has 0 radical (unpaired) electrons. The Labute approximate surface area is 151 Å². The summed E-state index contributed by atoms with van der Waals surface area (Å²) in [6, 6.07) is 8.29. The number of rotatable bonds is 3. The first kappa shape index (κ1) is 18.9. The van der Waals surface area contributed by atoms with Crippen LogP contribution in [0.4, 0.5) is 17.6 Å². The molecule has 142 valence electrons. The van der Waals surface area contributed by atoms with Crippen LogP contribution in [0.3, 0.4) is 0 Å². The molecule has 1 aliphatic rings. The van der Waals surface area contributed by atoms with Crippen molar-refractivity contribution in [1.82, 2.24) is 0 Å². The molecule has 0 aliphatic carbocycles. The van der Waals surface area contributed by atoms with E-state index in [1.165, 1.54) is 30.3 Å². The molecule has 1 aliphatic heterocycles. The highest BCUT2D eigenvalue weighted by atomic mass is 32.2. The molecule has 0 bridgehead atoms. The van der Waals surface area contributed by atoms with Crippen molar-refractivity contribution in [1.29, 1.82) is 0 Å². The van der Waals surface area contributed by atoms with E-state index in [2.05, 4.69) is 4.18 Å². The second kappa shape index (κ2) is 6.69. The first-order valence-corrected chi connectivity index (χ1v) is 8.76. The zero-order valence-electron chi connectivity index (χ0n) is 13.3. The number of carbonyl (C=O) groups excluding carboxylic acids is 1. The van der Waals surface area contributed by atoms with Gasteiger partial charge >= 0.3 is 15.6 Å². The molecule has 1 heterocycles. The van der Waals surface area contributed by atoms with Gasteiger partial charge in [-0.3, -0.25) is 4.79 Å². The van der Waals surface area contributed by atoms with Crippen molar-refractivity contribution in [3.63, 3.8) is 0 Å². The Morgan fingerprint density at radius 3 is 2.37 bits per heavy atom. The number of carbonyl (C=O) groups is 1. The van der Waals surface area contributed by atoms with Gasteiger partial charge in [-0.15, -0.1) is 0 Å². The van der Waals surface area contributed by atoms with Crippen LogP contribution in [0.1, 0.15) is 15.9 Å². The van der Waals surface area contributed by atoms with Gasteiger partial charge in [-0.05, 0) is 35.9 Å². The third kappa shape index (κ3) is 3.95. The summed E-state index contributed by atoms with van der Waals surface area (Å²) in [6.45, 7) is -0.196. The molecule has 0 unspecified atom stereocenters. The van der Waals surface area contributed by atoms with Crippen molar-refractivity contribution >= 4 is 22.0 Å². The Kier molecular flexibility index (Phi) is 4.68. The van der Waals surface area contributed by atoms with Gasteiger partial charge in [-0.1, -0.05) is 12.1 Å². The fourth-order valence-electron chi connectivity index (χ4n) is 2.30. The van der Waals surface area contributed by atoms with E-state index in [9.17, 15) is 30.8 Å². The standard InChI is InChI=1S/C17H10F4O5S/c18-12-3-1-10(2-4-12)7-11-9-25-15-8-13(5-6-14(15)16(11)22)26-27(23,24)17(19,20)21/h1-8H,9H2/b11-7+. The molecule has 0 fully saturated rings. The SMILES string of the molecule is O=C1/C(=C/c2ccc(F)cc2)COc2cc(OS(=O)(=O)C(F)(F)F)ccc21. The average molecular weight is 402 g/mol. The van der Waals surface area contributed by atoms with Gasteiger partial charge in [0.1, 0.15) is 23.9 Å². The van der Waals surface area contributed by atoms with Gasteiger partial charge in [-0.2, -0.15) is 21.6 Å². The van der Waals surface area contributed by atoms with Crippen LogP contribution in [0.5, 0.6) is 11.5 Å². The number of ketones is 1. The summed E-state index contributed by atoms with van der Waals surface area (Å²) in [5, 5.41) is 0. The molecule has 0 amide bonds. The Balaban J connectivity index is 1.86. The minimum absolute atomic E-state index is 0.0337. The summed E-state index contributed by atoms with van der Waals surface area (Å²) < 4.78 is 81.5. The number of alkyl halides is 3. The Bertz CT molecular complexity index is 1020. The minimum Gasteiger partial charge on any atom is -0.488 e. The molecule has 27 heavy (non-hydrogen) atoms. The first-order chi connectivity index (χ1) is 12.6. The van der Waals surface area contributed by atoms with Crippen molar-refractivity contribution in [2.75, 3.05) is 6.61 Å². The van der Waals surface area contributed by atoms with Crippen molar-refractivity contribution in [2.45, 2.75) is 5.51 Å².